The number of nitrogens with one attached hydrogen (secondary N) is 2. The normalized spacial score (nSPS) is 11.7. The fourth-order valence-corrected chi connectivity index (χ4v) is 4.39. The molecule has 0 saturated carbocycles. The van der Waals surface area contributed by atoms with Crippen molar-refractivity contribution in [1.29, 1.82) is 0 Å². The molecule has 0 spiro atoms. The van der Waals surface area contributed by atoms with E-state index >= 15 is 0 Å². The molecule has 0 saturated heterocycles. The van der Waals surface area contributed by atoms with E-state index in [4.69, 9.17) is 16.3 Å². The Labute approximate surface area is 181 Å². The summed E-state index contributed by atoms with van der Waals surface area (Å²) in [6.45, 7) is 3.74. The third kappa shape index (κ3) is 6.61. The van der Waals surface area contributed by atoms with Gasteiger partial charge >= 0.3 is 0 Å². The van der Waals surface area contributed by atoms with Crippen LogP contribution in [0.3, 0.4) is 0 Å². The van der Waals surface area contributed by atoms with Crippen molar-refractivity contribution in [3.8, 4) is 5.75 Å². The number of rotatable bonds is 10. The summed E-state index contributed by atoms with van der Waals surface area (Å²) in [7, 11) is -7.23. The lowest BCUT2D eigenvalue weighted by Gasteiger charge is -2.12. The summed E-state index contributed by atoms with van der Waals surface area (Å²) in [5.74, 6) is -0.306. The minimum atomic E-state index is -3.98. The maximum absolute atomic E-state index is 12.7. The molecule has 11 heteroatoms. The minimum absolute atomic E-state index is 0.0332. The van der Waals surface area contributed by atoms with Gasteiger partial charge in [-0.05, 0) is 49.4 Å². The molecule has 8 nitrogen and oxygen atoms in total. The summed E-state index contributed by atoms with van der Waals surface area (Å²) in [6, 6.07) is 10.1. The number of halogens is 1. The number of ether oxygens (including phenoxy) is 1. The zero-order valence-electron chi connectivity index (χ0n) is 16.5. The van der Waals surface area contributed by atoms with Crippen LogP contribution in [0.2, 0.25) is 5.02 Å². The van der Waals surface area contributed by atoms with Gasteiger partial charge in [-0.3, -0.25) is 9.52 Å². The topological polar surface area (TPSA) is 119 Å². The number of amides is 1. The van der Waals surface area contributed by atoms with E-state index in [2.05, 4.69) is 10.0 Å². The van der Waals surface area contributed by atoms with Crippen LogP contribution in [0, 0.1) is 0 Å². The molecule has 2 aromatic rings. The van der Waals surface area contributed by atoms with E-state index in [1.807, 2.05) is 6.92 Å². The Balaban J connectivity index is 2.16. The van der Waals surface area contributed by atoms with Gasteiger partial charge in [0.05, 0.1) is 27.8 Å². The SMILES string of the molecule is CCOc1ccc(NS(=O)(=O)c2ccc(Cl)c(C(=O)NCCS(=O)(=O)CC)c2)cc1. The Morgan fingerprint density at radius 2 is 1.70 bits per heavy atom. The minimum Gasteiger partial charge on any atom is -0.494 e. The second-order valence-electron chi connectivity index (χ2n) is 6.20. The molecule has 0 unspecified atom stereocenters. The molecular weight excluding hydrogens is 452 g/mol. The molecule has 0 fully saturated rings. The zero-order chi connectivity index (χ0) is 22.4. The lowest BCUT2D eigenvalue weighted by atomic mass is 10.2. The van der Waals surface area contributed by atoms with Crippen molar-refractivity contribution in [3.05, 3.63) is 53.1 Å². The number of sulfonamides is 1. The van der Waals surface area contributed by atoms with Crippen LogP contribution in [0.4, 0.5) is 5.69 Å². The molecular formula is C19H23ClN2O6S2. The molecule has 0 aliphatic carbocycles. The van der Waals surface area contributed by atoms with Crippen molar-refractivity contribution in [1.82, 2.24) is 5.32 Å². The predicted molar refractivity (Wildman–Crippen MR) is 117 cm³/mol. The summed E-state index contributed by atoms with van der Waals surface area (Å²) in [6.07, 6.45) is 0. The summed E-state index contributed by atoms with van der Waals surface area (Å²) >= 11 is 6.04. The van der Waals surface area contributed by atoms with E-state index in [9.17, 15) is 21.6 Å². The van der Waals surface area contributed by atoms with Gasteiger partial charge in [-0.15, -0.1) is 0 Å². The van der Waals surface area contributed by atoms with Gasteiger partial charge < -0.3 is 10.1 Å². The third-order valence-corrected chi connectivity index (χ3v) is 7.46. The highest BCUT2D eigenvalue weighted by molar-refractivity contribution is 7.92. The molecule has 1 amide bonds. The Morgan fingerprint density at radius 3 is 2.30 bits per heavy atom. The Kier molecular flexibility index (Phi) is 8.10. The van der Waals surface area contributed by atoms with Gasteiger partial charge in [0.2, 0.25) is 0 Å². The van der Waals surface area contributed by atoms with Gasteiger partial charge in [0.15, 0.2) is 9.84 Å². The number of sulfone groups is 1. The van der Waals surface area contributed by atoms with Crippen molar-refractivity contribution in [2.45, 2.75) is 18.7 Å². The maximum Gasteiger partial charge on any atom is 0.261 e. The highest BCUT2D eigenvalue weighted by Gasteiger charge is 2.19. The average Bonchev–Trinajstić information content (AvgIpc) is 2.69. The molecule has 30 heavy (non-hydrogen) atoms. The van der Waals surface area contributed by atoms with Crippen LogP contribution >= 0.6 is 11.6 Å². The Hall–Kier alpha value is -2.30. The first-order chi connectivity index (χ1) is 14.1. The van der Waals surface area contributed by atoms with Crippen LogP contribution in [0.1, 0.15) is 24.2 Å². The standard InChI is InChI=1S/C19H23ClN2O6S2/c1-3-28-15-7-5-14(6-8-15)22-30(26,27)16-9-10-18(20)17(13-16)19(23)21-11-12-29(24,25)4-2/h5-10,13,22H,3-4,11-12H2,1-2H3,(H,21,23). The molecule has 0 aliphatic heterocycles. The van der Waals surface area contributed by atoms with Crippen LogP contribution in [0.15, 0.2) is 47.4 Å². The number of anilines is 1. The van der Waals surface area contributed by atoms with Crippen LogP contribution in [0.5, 0.6) is 5.75 Å². The van der Waals surface area contributed by atoms with Gasteiger partial charge in [0.1, 0.15) is 5.75 Å². The molecule has 0 aromatic heterocycles. The number of hydrogen-bond acceptors (Lipinski definition) is 6. The van der Waals surface area contributed by atoms with E-state index in [-0.39, 0.29) is 33.5 Å². The van der Waals surface area contributed by atoms with E-state index in [1.54, 1.807) is 24.3 Å². The molecule has 2 rings (SSSR count). The van der Waals surface area contributed by atoms with E-state index < -0.39 is 25.8 Å². The number of carbonyl (C=O) groups excluding carboxylic acids is 1. The molecule has 0 radical (unpaired) electrons. The van der Waals surface area contributed by atoms with Crippen LogP contribution in [-0.2, 0) is 19.9 Å². The number of carbonyl (C=O) groups is 1. The van der Waals surface area contributed by atoms with E-state index in [0.29, 0.717) is 18.0 Å². The van der Waals surface area contributed by atoms with Gasteiger partial charge in [-0.25, -0.2) is 16.8 Å². The lowest BCUT2D eigenvalue weighted by molar-refractivity contribution is 0.0956. The van der Waals surface area contributed by atoms with E-state index in [0.717, 1.165) is 6.07 Å². The fraction of sp³-hybridized carbons (Fsp3) is 0.316. The average molecular weight is 475 g/mol. The largest absolute Gasteiger partial charge is 0.494 e. The number of benzene rings is 2. The van der Waals surface area contributed by atoms with Crippen molar-refractivity contribution < 1.29 is 26.4 Å². The summed E-state index contributed by atoms with van der Waals surface area (Å²) in [4.78, 5) is 12.2. The fourth-order valence-electron chi connectivity index (χ4n) is 2.41. The monoisotopic (exact) mass is 474 g/mol. The molecule has 0 bridgehead atoms. The van der Waals surface area contributed by atoms with Gasteiger partial charge in [0.25, 0.3) is 15.9 Å². The smallest absolute Gasteiger partial charge is 0.261 e. The predicted octanol–water partition coefficient (Wildman–Crippen LogP) is 2.70. The van der Waals surface area contributed by atoms with Crippen LogP contribution < -0.4 is 14.8 Å². The summed E-state index contributed by atoms with van der Waals surface area (Å²) in [5, 5.41) is 2.49. The van der Waals surface area contributed by atoms with Gasteiger partial charge in [0, 0.05) is 18.0 Å². The molecule has 2 N–H and O–H groups in total. The zero-order valence-corrected chi connectivity index (χ0v) is 18.9. The van der Waals surface area contributed by atoms with E-state index in [1.165, 1.54) is 19.1 Å². The van der Waals surface area contributed by atoms with Crippen LogP contribution in [-0.4, -0.2) is 47.4 Å². The quantitative estimate of drug-likeness (QED) is 0.546. The van der Waals surface area contributed by atoms with Crippen LogP contribution in [0.25, 0.3) is 0 Å². The summed E-state index contributed by atoms with van der Waals surface area (Å²) in [5.41, 5.74) is 0.254. The Morgan fingerprint density at radius 1 is 1.03 bits per heavy atom. The first kappa shape index (κ1) is 24.0. The molecule has 0 aliphatic rings. The highest BCUT2D eigenvalue weighted by atomic mass is 35.5. The third-order valence-electron chi connectivity index (χ3n) is 4.05. The molecule has 2 aromatic carbocycles. The first-order valence-electron chi connectivity index (χ1n) is 9.12. The van der Waals surface area contributed by atoms with Crippen molar-refractivity contribution in [3.63, 3.8) is 0 Å². The first-order valence-corrected chi connectivity index (χ1v) is 12.8. The maximum atomic E-state index is 12.7. The number of hydrogen-bond donors (Lipinski definition) is 2. The lowest BCUT2D eigenvalue weighted by Crippen LogP contribution is -2.30. The van der Waals surface area contributed by atoms with Crippen molar-refractivity contribution >= 4 is 43.1 Å². The Bertz CT molecular complexity index is 1100. The van der Waals surface area contributed by atoms with Crippen molar-refractivity contribution in [2.75, 3.05) is 29.4 Å². The van der Waals surface area contributed by atoms with Gasteiger partial charge in [-0.2, -0.15) is 0 Å². The van der Waals surface area contributed by atoms with Gasteiger partial charge in [-0.1, -0.05) is 18.5 Å². The highest BCUT2D eigenvalue weighted by Crippen LogP contribution is 2.23. The molecule has 164 valence electrons. The second kappa shape index (κ2) is 10.1. The second-order valence-corrected chi connectivity index (χ2v) is 10.8. The van der Waals surface area contributed by atoms with Crippen molar-refractivity contribution in [2.24, 2.45) is 0 Å². The molecule has 0 heterocycles. The molecule has 0 atom stereocenters. The summed E-state index contributed by atoms with van der Waals surface area (Å²) < 4.78 is 56.2.